The summed E-state index contributed by atoms with van der Waals surface area (Å²) in [6.45, 7) is 2.76. The van der Waals surface area contributed by atoms with Gasteiger partial charge in [-0.3, -0.25) is 9.59 Å². The van der Waals surface area contributed by atoms with Gasteiger partial charge >= 0.3 is 0 Å². The van der Waals surface area contributed by atoms with Gasteiger partial charge in [0.1, 0.15) is 5.75 Å². The Morgan fingerprint density at radius 1 is 0.966 bits per heavy atom. The van der Waals surface area contributed by atoms with Crippen molar-refractivity contribution < 1.29 is 14.3 Å². The molecule has 4 nitrogen and oxygen atoms in total. The van der Waals surface area contributed by atoms with Crippen LogP contribution < -0.4 is 10.1 Å². The van der Waals surface area contributed by atoms with Crippen LogP contribution in [0, 0.1) is 0 Å². The third-order valence-corrected chi connectivity index (χ3v) is 5.88. The van der Waals surface area contributed by atoms with E-state index in [0.717, 1.165) is 34.6 Å². The van der Waals surface area contributed by atoms with Crippen LogP contribution in [-0.4, -0.2) is 18.3 Å². The van der Waals surface area contributed by atoms with Crippen molar-refractivity contribution in [3.05, 3.63) is 76.0 Å². The minimum Gasteiger partial charge on any atom is -0.494 e. The quantitative estimate of drug-likeness (QED) is 0.744. The second-order valence-electron chi connectivity index (χ2n) is 7.69. The predicted octanol–water partition coefficient (Wildman–Crippen LogP) is 5.13. The van der Waals surface area contributed by atoms with Crippen molar-refractivity contribution in [1.82, 2.24) is 5.32 Å². The zero-order valence-corrected chi connectivity index (χ0v) is 17.2. The van der Waals surface area contributed by atoms with E-state index in [2.05, 4.69) is 12.2 Å². The molecular formula is C24H24ClNO3. The fourth-order valence-electron chi connectivity index (χ4n) is 4.23. The first-order valence-electron chi connectivity index (χ1n) is 10.1. The zero-order valence-electron chi connectivity index (χ0n) is 16.4. The minimum atomic E-state index is -0.200. The number of ether oxygens (including phenoxy) is 1. The van der Waals surface area contributed by atoms with E-state index in [1.807, 2.05) is 48.5 Å². The van der Waals surface area contributed by atoms with Crippen LogP contribution in [0.15, 0.2) is 59.8 Å². The number of halogens is 1. The topological polar surface area (TPSA) is 55.4 Å². The van der Waals surface area contributed by atoms with Gasteiger partial charge in [0.05, 0.1) is 6.61 Å². The smallest absolute Gasteiger partial charge is 0.225 e. The molecule has 0 aromatic heterocycles. The summed E-state index contributed by atoms with van der Waals surface area (Å²) >= 11 is 6.00. The molecule has 150 valence electrons. The normalized spacial score (nSPS) is 21.6. The molecule has 4 rings (SSSR count). The van der Waals surface area contributed by atoms with Crippen LogP contribution in [0.3, 0.4) is 0 Å². The Morgan fingerprint density at radius 3 is 2.34 bits per heavy atom. The molecular weight excluding hydrogens is 386 g/mol. The fourth-order valence-corrected chi connectivity index (χ4v) is 4.36. The van der Waals surface area contributed by atoms with Gasteiger partial charge in [0, 0.05) is 35.1 Å². The van der Waals surface area contributed by atoms with Gasteiger partial charge in [-0.2, -0.15) is 0 Å². The third kappa shape index (κ3) is 4.23. The van der Waals surface area contributed by atoms with Crippen LogP contribution in [0.4, 0.5) is 0 Å². The molecule has 0 saturated carbocycles. The second-order valence-corrected chi connectivity index (χ2v) is 8.13. The molecule has 1 aliphatic heterocycles. The van der Waals surface area contributed by atoms with Gasteiger partial charge < -0.3 is 10.1 Å². The number of carbonyl (C=O) groups excluding carboxylic acids is 2. The summed E-state index contributed by atoms with van der Waals surface area (Å²) in [6, 6.07) is 15.4. The number of rotatable bonds is 5. The number of nitrogens with one attached hydrogen (secondary N) is 1. The van der Waals surface area contributed by atoms with Crippen molar-refractivity contribution in [1.29, 1.82) is 0 Å². The van der Waals surface area contributed by atoms with Gasteiger partial charge in [-0.25, -0.2) is 0 Å². The summed E-state index contributed by atoms with van der Waals surface area (Å²) in [5.41, 5.74) is 3.58. The SMILES string of the molecule is CCCOc1ccc(C2CC(=O)C3=C(C2)NC(=O)CC3c2ccc(Cl)cc2)cc1. The number of Topliss-reactive ketones (excluding diaryl/α,β-unsaturated/α-hetero) is 1. The van der Waals surface area contributed by atoms with E-state index in [0.29, 0.717) is 30.9 Å². The Bertz CT molecular complexity index is 947. The lowest BCUT2D eigenvalue weighted by atomic mass is 9.73. The number of hydrogen-bond acceptors (Lipinski definition) is 3. The molecule has 2 aromatic rings. The number of hydrogen-bond donors (Lipinski definition) is 1. The maximum atomic E-state index is 13.1. The maximum Gasteiger partial charge on any atom is 0.225 e. The van der Waals surface area contributed by atoms with Crippen molar-refractivity contribution in [2.75, 3.05) is 6.61 Å². The number of ketones is 1. The average molecular weight is 410 g/mol. The standard InChI is InChI=1S/C24H24ClNO3/c1-2-11-29-19-9-5-15(6-10-19)17-12-21-24(22(27)13-17)20(14-23(28)26-21)16-3-7-18(25)8-4-16/h3-10,17,20H,2,11-14H2,1H3,(H,26,28). The molecule has 2 aromatic carbocycles. The van der Waals surface area contributed by atoms with Crippen molar-refractivity contribution in [2.45, 2.75) is 44.4 Å². The van der Waals surface area contributed by atoms with Crippen molar-refractivity contribution in [3.8, 4) is 5.75 Å². The van der Waals surface area contributed by atoms with Crippen LogP contribution in [0.2, 0.25) is 5.02 Å². The molecule has 0 bridgehead atoms. The number of carbonyl (C=O) groups is 2. The second kappa shape index (κ2) is 8.42. The lowest BCUT2D eigenvalue weighted by molar-refractivity contribution is -0.122. The minimum absolute atomic E-state index is 0.0412. The van der Waals surface area contributed by atoms with Gasteiger partial charge in [0.15, 0.2) is 5.78 Å². The summed E-state index contributed by atoms with van der Waals surface area (Å²) < 4.78 is 5.65. The molecule has 0 saturated heterocycles. The average Bonchev–Trinajstić information content (AvgIpc) is 2.72. The Balaban J connectivity index is 1.60. The molecule has 1 N–H and O–H groups in total. The Hall–Kier alpha value is -2.59. The van der Waals surface area contributed by atoms with E-state index in [1.54, 1.807) is 0 Å². The molecule has 5 heteroatoms. The van der Waals surface area contributed by atoms with E-state index >= 15 is 0 Å². The van der Waals surface area contributed by atoms with Gasteiger partial charge in [-0.15, -0.1) is 0 Å². The largest absolute Gasteiger partial charge is 0.494 e. The molecule has 0 radical (unpaired) electrons. The highest BCUT2D eigenvalue weighted by Crippen LogP contribution is 2.42. The highest BCUT2D eigenvalue weighted by atomic mass is 35.5. The Kier molecular flexibility index (Phi) is 5.72. The molecule has 2 atom stereocenters. The lowest BCUT2D eigenvalue weighted by Crippen LogP contribution is -2.38. The maximum absolute atomic E-state index is 13.1. The first-order chi connectivity index (χ1) is 14.0. The molecule has 1 aliphatic carbocycles. The summed E-state index contributed by atoms with van der Waals surface area (Å²) in [7, 11) is 0. The van der Waals surface area contributed by atoms with Crippen LogP contribution >= 0.6 is 11.6 Å². The Morgan fingerprint density at radius 2 is 1.66 bits per heavy atom. The van der Waals surface area contributed by atoms with Crippen LogP contribution in [0.25, 0.3) is 0 Å². The number of allylic oxidation sites excluding steroid dienone is 2. The molecule has 2 unspecified atom stereocenters. The monoisotopic (exact) mass is 409 g/mol. The van der Waals surface area contributed by atoms with E-state index in [-0.39, 0.29) is 23.5 Å². The number of benzene rings is 2. The summed E-state index contributed by atoms with van der Waals surface area (Å²) in [4.78, 5) is 25.5. The summed E-state index contributed by atoms with van der Waals surface area (Å²) in [5.74, 6) is 0.773. The highest BCUT2D eigenvalue weighted by Gasteiger charge is 2.38. The lowest BCUT2D eigenvalue weighted by Gasteiger charge is -2.34. The van der Waals surface area contributed by atoms with Crippen molar-refractivity contribution >= 4 is 23.3 Å². The van der Waals surface area contributed by atoms with Gasteiger partial charge in [0.25, 0.3) is 0 Å². The van der Waals surface area contributed by atoms with Crippen LogP contribution in [-0.2, 0) is 9.59 Å². The van der Waals surface area contributed by atoms with E-state index in [4.69, 9.17) is 16.3 Å². The van der Waals surface area contributed by atoms with Gasteiger partial charge in [-0.05, 0) is 54.2 Å². The molecule has 0 fully saturated rings. The summed E-state index contributed by atoms with van der Waals surface area (Å²) in [6.07, 6.45) is 2.37. The predicted molar refractivity (Wildman–Crippen MR) is 113 cm³/mol. The van der Waals surface area contributed by atoms with Gasteiger partial charge in [-0.1, -0.05) is 42.8 Å². The van der Waals surface area contributed by atoms with Crippen LogP contribution in [0.5, 0.6) is 5.75 Å². The third-order valence-electron chi connectivity index (χ3n) is 5.63. The van der Waals surface area contributed by atoms with Crippen LogP contribution in [0.1, 0.15) is 55.6 Å². The first kappa shape index (κ1) is 19.7. The zero-order chi connectivity index (χ0) is 20.4. The van der Waals surface area contributed by atoms with E-state index in [9.17, 15) is 9.59 Å². The number of amides is 1. The van der Waals surface area contributed by atoms with Crippen molar-refractivity contribution in [2.24, 2.45) is 0 Å². The summed E-state index contributed by atoms with van der Waals surface area (Å²) in [5, 5.41) is 3.61. The molecule has 2 aliphatic rings. The Labute approximate surface area is 175 Å². The van der Waals surface area contributed by atoms with E-state index in [1.165, 1.54) is 0 Å². The molecule has 1 heterocycles. The fraction of sp³-hybridized carbons (Fsp3) is 0.333. The molecule has 29 heavy (non-hydrogen) atoms. The molecule has 1 amide bonds. The first-order valence-corrected chi connectivity index (χ1v) is 10.5. The molecule has 0 spiro atoms. The van der Waals surface area contributed by atoms with Crippen molar-refractivity contribution in [3.63, 3.8) is 0 Å². The van der Waals surface area contributed by atoms with E-state index < -0.39 is 0 Å². The highest BCUT2D eigenvalue weighted by molar-refractivity contribution is 6.30. The van der Waals surface area contributed by atoms with Gasteiger partial charge in [0.2, 0.25) is 5.91 Å².